The molecule has 0 bridgehead atoms. The first-order chi connectivity index (χ1) is 9.71. The fraction of sp³-hybridized carbons (Fsp3) is 0.600. The Morgan fingerprint density at radius 1 is 1.55 bits per heavy atom. The molecule has 0 unspecified atom stereocenters. The summed E-state index contributed by atoms with van der Waals surface area (Å²) >= 11 is 1.71. The van der Waals surface area contributed by atoms with Gasteiger partial charge >= 0.3 is 0 Å². The number of nitrogens with zero attached hydrogens (tertiary/aromatic N) is 3. The van der Waals surface area contributed by atoms with Crippen LogP contribution in [-0.2, 0) is 13.0 Å². The summed E-state index contributed by atoms with van der Waals surface area (Å²) in [5, 5.41) is 6.61. The highest BCUT2D eigenvalue weighted by molar-refractivity contribution is 7.09. The van der Waals surface area contributed by atoms with Crippen LogP contribution in [0.5, 0.6) is 0 Å². The van der Waals surface area contributed by atoms with Crippen molar-refractivity contribution in [3.8, 4) is 0 Å². The Kier molecular flexibility index (Phi) is 7.95. The van der Waals surface area contributed by atoms with Crippen molar-refractivity contribution in [3.05, 3.63) is 28.7 Å². The number of rotatable bonds is 8. The van der Waals surface area contributed by atoms with E-state index >= 15 is 0 Å². The minimum Gasteiger partial charge on any atom is -0.357 e. The van der Waals surface area contributed by atoms with Gasteiger partial charge in [-0.1, -0.05) is 13.0 Å². The fourth-order valence-corrected chi connectivity index (χ4v) is 2.52. The summed E-state index contributed by atoms with van der Waals surface area (Å²) in [5.74, 6) is 0.947. The molecule has 0 saturated heterocycles. The number of thiazole rings is 1. The minimum atomic E-state index is 0.643. The van der Waals surface area contributed by atoms with Crippen molar-refractivity contribution in [2.24, 2.45) is 4.99 Å². The molecule has 0 fully saturated rings. The Labute approximate surface area is 126 Å². The Morgan fingerprint density at radius 2 is 2.35 bits per heavy atom. The fourth-order valence-electron chi connectivity index (χ4n) is 1.79. The van der Waals surface area contributed by atoms with Gasteiger partial charge in [0, 0.05) is 25.5 Å². The molecule has 0 saturated carbocycles. The number of hydrogen-bond donors (Lipinski definition) is 1. The third-order valence-electron chi connectivity index (χ3n) is 2.89. The van der Waals surface area contributed by atoms with E-state index in [1.807, 2.05) is 6.08 Å². The zero-order valence-electron chi connectivity index (χ0n) is 12.9. The zero-order valence-corrected chi connectivity index (χ0v) is 13.7. The molecule has 1 heterocycles. The SMILES string of the molecule is C=CCCCN(C)C(=NCc1csc(CC)n1)NCC. The van der Waals surface area contributed by atoms with Gasteiger partial charge in [-0.25, -0.2) is 9.98 Å². The molecule has 20 heavy (non-hydrogen) atoms. The van der Waals surface area contributed by atoms with Crippen LogP contribution in [0, 0.1) is 0 Å². The summed E-state index contributed by atoms with van der Waals surface area (Å²) < 4.78 is 0. The van der Waals surface area contributed by atoms with E-state index in [-0.39, 0.29) is 0 Å². The number of aryl methyl sites for hydroxylation is 1. The van der Waals surface area contributed by atoms with Gasteiger partial charge in [0.15, 0.2) is 5.96 Å². The lowest BCUT2D eigenvalue weighted by molar-refractivity contribution is 0.470. The highest BCUT2D eigenvalue weighted by Gasteiger charge is 2.05. The lowest BCUT2D eigenvalue weighted by Crippen LogP contribution is -2.39. The molecule has 112 valence electrons. The Bertz CT molecular complexity index is 425. The van der Waals surface area contributed by atoms with Gasteiger partial charge in [0.05, 0.1) is 17.2 Å². The van der Waals surface area contributed by atoms with Crippen LogP contribution in [0.2, 0.25) is 0 Å². The maximum absolute atomic E-state index is 4.66. The van der Waals surface area contributed by atoms with Crippen molar-refractivity contribution in [1.29, 1.82) is 0 Å². The van der Waals surface area contributed by atoms with Gasteiger partial charge in [-0.15, -0.1) is 17.9 Å². The lowest BCUT2D eigenvalue weighted by atomic mass is 10.3. The van der Waals surface area contributed by atoms with Crippen LogP contribution >= 0.6 is 11.3 Å². The van der Waals surface area contributed by atoms with Crippen molar-refractivity contribution >= 4 is 17.3 Å². The van der Waals surface area contributed by atoms with Gasteiger partial charge in [0.2, 0.25) is 0 Å². The highest BCUT2D eigenvalue weighted by Crippen LogP contribution is 2.11. The summed E-state index contributed by atoms with van der Waals surface area (Å²) in [5.41, 5.74) is 1.06. The lowest BCUT2D eigenvalue weighted by Gasteiger charge is -2.21. The van der Waals surface area contributed by atoms with Crippen LogP contribution in [0.3, 0.4) is 0 Å². The topological polar surface area (TPSA) is 40.5 Å². The molecular weight excluding hydrogens is 268 g/mol. The van der Waals surface area contributed by atoms with Gasteiger partial charge in [-0.3, -0.25) is 0 Å². The average molecular weight is 294 g/mol. The molecule has 1 aromatic heterocycles. The monoisotopic (exact) mass is 294 g/mol. The first-order valence-electron chi connectivity index (χ1n) is 7.24. The van der Waals surface area contributed by atoms with E-state index in [1.54, 1.807) is 11.3 Å². The van der Waals surface area contributed by atoms with Gasteiger partial charge < -0.3 is 10.2 Å². The highest BCUT2D eigenvalue weighted by atomic mass is 32.1. The second-order valence-electron chi connectivity index (χ2n) is 4.61. The van der Waals surface area contributed by atoms with Crippen molar-refractivity contribution < 1.29 is 0 Å². The molecule has 1 rings (SSSR count). The molecular formula is C15H26N4S. The van der Waals surface area contributed by atoms with Crippen molar-refractivity contribution in [2.75, 3.05) is 20.1 Å². The number of aliphatic imine (C=N–C) groups is 1. The van der Waals surface area contributed by atoms with E-state index in [4.69, 9.17) is 0 Å². The van der Waals surface area contributed by atoms with Crippen molar-refractivity contribution in [1.82, 2.24) is 15.2 Å². The number of hydrogen-bond acceptors (Lipinski definition) is 3. The van der Waals surface area contributed by atoms with E-state index in [1.165, 1.54) is 5.01 Å². The molecule has 1 N–H and O–H groups in total. The van der Waals surface area contributed by atoms with Crippen molar-refractivity contribution in [2.45, 2.75) is 39.7 Å². The predicted molar refractivity (Wildman–Crippen MR) is 88.4 cm³/mol. The van der Waals surface area contributed by atoms with Crippen molar-refractivity contribution in [3.63, 3.8) is 0 Å². The summed E-state index contributed by atoms with van der Waals surface area (Å²) in [6.07, 6.45) is 5.09. The first-order valence-corrected chi connectivity index (χ1v) is 8.12. The standard InChI is InChI=1S/C15H26N4S/c1-5-8-9-10-19(4)15(16-7-3)17-11-13-12-20-14(6-2)18-13/h5,12H,1,6-11H2,2-4H3,(H,16,17). The summed E-state index contributed by atoms with van der Waals surface area (Å²) in [6, 6.07) is 0. The molecule has 4 nitrogen and oxygen atoms in total. The largest absolute Gasteiger partial charge is 0.357 e. The molecule has 1 aromatic rings. The van der Waals surface area contributed by atoms with E-state index in [2.05, 4.69) is 53.0 Å². The summed E-state index contributed by atoms with van der Waals surface area (Å²) in [6.45, 7) is 10.5. The molecule has 0 amide bonds. The number of unbranched alkanes of at least 4 members (excludes halogenated alkanes) is 1. The smallest absolute Gasteiger partial charge is 0.194 e. The number of aromatic nitrogens is 1. The van der Waals surface area contributed by atoms with Crippen LogP contribution in [0.15, 0.2) is 23.0 Å². The van der Waals surface area contributed by atoms with E-state index in [0.29, 0.717) is 6.54 Å². The molecule has 0 radical (unpaired) electrons. The average Bonchev–Trinajstić information content (AvgIpc) is 2.91. The third kappa shape index (κ3) is 5.74. The van der Waals surface area contributed by atoms with Crippen LogP contribution < -0.4 is 5.32 Å². The maximum Gasteiger partial charge on any atom is 0.194 e. The molecule has 0 spiro atoms. The van der Waals surface area contributed by atoms with Crippen LogP contribution in [0.25, 0.3) is 0 Å². The van der Waals surface area contributed by atoms with E-state index in [0.717, 1.165) is 44.0 Å². The zero-order chi connectivity index (χ0) is 14.8. The third-order valence-corrected chi connectivity index (χ3v) is 3.93. The molecule has 0 atom stereocenters. The molecule has 5 heteroatoms. The quantitative estimate of drug-likeness (QED) is 0.347. The molecule has 0 aromatic carbocycles. The van der Waals surface area contributed by atoms with Gasteiger partial charge in [-0.05, 0) is 26.2 Å². The molecule has 0 aliphatic carbocycles. The van der Waals surface area contributed by atoms with Gasteiger partial charge in [-0.2, -0.15) is 0 Å². The number of guanidine groups is 1. The summed E-state index contributed by atoms with van der Waals surface area (Å²) in [4.78, 5) is 11.4. The number of allylic oxidation sites excluding steroid dienone is 1. The number of nitrogens with one attached hydrogen (secondary N) is 1. The van der Waals surface area contributed by atoms with Gasteiger partial charge in [0.25, 0.3) is 0 Å². The Balaban J connectivity index is 2.58. The molecule has 0 aliphatic heterocycles. The molecule has 0 aliphatic rings. The summed E-state index contributed by atoms with van der Waals surface area (Å²) in [7, 11) is 2.07. The van der Waals surface area contributed by atoms with Crippen LogP contribution in [-0.4, -0.2) is 36.0 Å². The van der Waals surface area contributed by atoms with Gasteiger partial charge in [0.1, 0.15) is 0 Å². The van der Waals surface area contributed by atoms with E-state index in [9.17, 15) is 0 Å². The predicted octanol–water partition coefficient (Wildman–Crippen LogP) is 3.07. The Hall–Kier alpha value is -1.36. The minimum absolute atomic E-state index is 0.643. The maximum atomic E-state index is 4.66. The first kappa shape index (κ1) is 16.7. The van der Waals surface area contributed by atoms with Crippen LogP contribution in [0.4, 0.5) is 0 Å². The second-order valence-corrected chi connectivity index (χ2v) is 5.55. The normalized spacial score (nSPS) is 11.4. The van der Waals surface area contributed by atoms with Crippen LogP contribution in [0.1, 0.15) is 37.4 Å². The Morgan fingerprint density at radius 3 is 2.95 bits per heavy atom. The van der Waals surface area contributed by atoms with E-state index < -0.39 is 0 Å². The second kappa shape index (κ2) is 9.53.